The fraction of sp³-hybridized carbons (Fsp3) is 0.429. The molecular weight excluding hydrogens is 256 g/mol. The van der Waals surface area contributed by atoms with E-state index in [1.165, 1.54) is 0 Å². The van der Waals surface area contributed by atoms with Crippen molar-refractivity contribution in [1.82, 2.24) is 15.2 Å². The zero-order valence-electron chi connectivity index (χ0n) is 10.8. The summed E-state index contributed by atoms with van der Waals surface area (Å²) < 4.78 is 0. The maximum absolute atomic E-state index is 11.3. The summed E-state index contributed by atoms with van der Waals surface area (Å²) in [6.07, 6.45) is 2.61. The monoisotopic (exact) mass is 270 g/mol. The lowest BCUT2D eigenvalue weighted by Gasteiger charge is -2.22. The summed E-state index contributed by atoms with van der Waals surface area (Å²) in [4.78, 5) is 17.9. The Bertz CT molecular complexity index is 690. The van der Waals surface area contributed by atoms with Crippen LogP contribution in [0.3, 0.4) is 0 Å². The normalized spacial score (nSPS) is 28.2. The Balaban J connectivity index is 1.74. The number of carboxylic acid groups (broad SMARTS) is 1. The van der Waals surface area contributed by atoms with Crippen LogP contribution in [-0.2, 0) is 4.79 Å². The Morgan fingerprint density at radius 3 is 2.75 bits per heavy atom. The minimum atomic E-state index is -0.712. The number of carbonyl (C=O) groups is 1. The number of benzene rings is 1. The van der Waals surface area contributed by atoms with Crippen LogP contribution in [0.1, 0.15) is 19.3 Å². The zero-order chi connectivity index (χ0) is 13.7. The second kappa shape index (κ2) is 4.13. The van der Waals surface area contributed by atoms with Gasteiger partial charge in [-0.15, -0.1) is 10.2 Å². The van der Waals surface area contributed by atoms with Crippen molar-refractivity contribution >= 4 is 23.0 Å². The van der Waals surface area contributed by atoms with Crippen LogP contribution >= 0.6 is 0 Å². The lowest BCUT2D eigenvalue weighted by Crippen LogP contribution is -2.34. The molecule has 3 heterocycles. The molecule has 2 aliphatic heterocycles. The highest BCUT2D eigenvalue weighted by molar-refractivity contribution is 5.76. The molecular formula is C14H14N4O2. The van der Waals surface area contributed by atoms with Crippen LogP contribution in [0.4, 0.5) is 5.95 Å². The fourth-order valence-electron chi connectivity index (χ4n) is 3.55. The minimum Gasteiger partial charge on any atom is -0.481 e. The molecule has 1 aromatic heterocycles. The number of rotatable bonds is 2. The first kappa shape index (κ1) is 11.6. The highest BCUT2D eigenvalue weighted by Crippen LogP contribution is 2.43. The van der Waals surface area contributed by atoms with Crippen molar-refractivity contribution in [3.05, 3.63) is 24.3 Å². The largest absolute Gasteiger partial charge is 0.481 e. The van der Waals surface area contributed by atoms with Crippen LogP contribution < -0.4 is 4.90 Å². The highest BCUT2D eigenvalue weighted by Gasteiger charge is 2.50. The number of hydrogen-bond acceptors (Lipinski definition) is 5. The number of aliphatic carboxylic acids is 1. The topological polar surface area (TPSA) is 79.2 Å². The van der Waals surface area contributed by atoms with Crippen molar-refractivity contribution in [2.24, 2.45) is 5.92 Å². The van der Waals surface area contributed by atoms with E-state index >= 15 is 0 Å². The number of para-hydroxylation sites is 1. The molecule has 0 saturated carbocycles. The summed E-state index contributed by atoms with van der Waals surface area (Å²) in [7, 11) is 0. The van der Waals surface area contributed by atoms with Crippen molar-refractivity contribution in [3.63, 3.8) is 0 Å². The molecule has 1 aromatic carbocycles. The first-order chi connectivity index (χ1) is 9.74. The van der Waals surface area contributed by atoms with Crippen molar-refractivity contribution in [2.45, 2.75) is 31.3 Å². The summed E-state index contributed by atoms with van der Waals surface area (Å²) in [5.41, 5.74) is 1.56. The second-order valence-electron chi connectivity index (χ2n) is 5.49. The van der Waals surface area contributed by atoms with Crippen LogP contribution in [0.25, 0.3) is 11.0 Å². The van der Waals surface area contributed by atoms with Gasteiger partial charge < -0.3 is 10.0 Å². The average molecular weight is 270 g/mol. The number of anilines is 1. The van der Waals surface area contributed by atoms with Gasteiger partial charge in [-0.3, -0.25) is 4.79 Å². The van der Waals surface area contributed by atoms with Crippen molar-refractivity contribution < 1.29 is 9.90 Å². The lowest BCUT2D eigenvalue weighted by molar-refractivity contribution is -0.142. The Morgan fingerprint density at radius 1 is 1.20 bits per heavy atom. The van der Waals surface area contributed by atoms with E-state index in [2.05, 4.69) is 20.1 Å². The van der Waals surface area contributed by atoms with Gasteiger partial charge in [0.2, 0.25) is 5.95 Å². The summed E-state index contributed by atoms with van der Waals surface area (Å²) in [5.74, 6) is -0.445. The zero-order valence-corrected chi connectivity index (χ0v) is 10.8. The predicted molar refractivity (Wildman–Crippen MR) is 72.4 cm³/mol. The molecule has 1 N–H and O–H groups in total. The molecule has 0 aliphatic carbocycles. The molecule has 2 aliphatic rings. The van der Waals surface area contributed by atoms with Gasteiger partial charge in [-0.25, -0.2) is 4.98 Å². The van der Waals surface area contributed by atoms with E-state index in [0.717, 1.165) is 23.9 Å². The number of carboxylic acids is 1. The number of aromatic nitrogens is 3. The molecule has 2 saturated heterocycles. The molecule has 4 rings (SSSR count). The molecule has 2 bridgehead atoms. The number of nitrogens with zero attached hydrogens (tertiary/aromatic N) is 4. The maximum atomic E-state index is 11.3. The van der Waals surface area contributed by atoms with Crippen LogP contribution in [0.5, 0.6) is 0 Å². The quantitative estimate of drug-likeness (QED) is 0.890. The minimum absolute atomic E-state index is 0.0143. The molecule has 6 nitrogen and oxygen atoms in total. The summed E-state index contributed by atoms with van der Waals surface area (Å²) in [5, 5.41) is 17.7. The third-order valence-electron chi connectivity index (χ3n) is 4.43. The van der Waals surface area contributed by atoms with Crippen molar-refractivity contribution in [3.8, 4) is 0 Å². The van der Waals surface area contributed by atoms with E-state index in [9.17, 15) is 9.90 Å². The molecule has 3 unspecified atom stereocenters. The number of fused-ring (bicyclic) bond motifs is 3. The van der Waals surface area contributed by atoms with Crippen LogP contribution in [0, 0.1) is 5.92 Å². The first-order valence-electron chi connectivity index (χ1n) is 6.84. The molecule has 2 fully saturated rings. The Morgan fingerprint density at radius 2 is 2.00 bits per heavy atom. The molecule has 0 radical (unpaired) electrons. The van der Waals surface area contributed by atoms with Gasteiger partial charge in [0.05, 0.1) is 11.4 Å². The molecule has 0 amide bonds. The first-order valence-corrected chi connectivity index (χ1v) is 6.84. The van der Waals surface area contributed by atoms with E-state index in [1.54, 1.807) is 0 Å². The van der Waals surface area contributed by atoms with E-state index in [0.29, 0.717) is 12.4 Å². The van der Waals surface area contributed by atoms with Gasteiger partial charge in [0, 0.05) is 12.1 Å². The van der Waals surface area contributed by atoms with Gasteiger partial charge >= 0.3 is 5.97 Å². The maximum Gasteiger partial charge on any atom is 0.308 e. The van der Waals surface area contributed by atoms with Gasteiger partial charge in [0.15, 0.2) is 0 Å². The molecule has 3 atom stereocenters. The third-order valence-corrected chi connectivity index (χ3v) is 4.43. The van der Waals surface area contributed by atoms with Crippen molar-refractivity contribution in [1.29, 1.82) is 0 Å². The molecule has 6 heteroatoms. The summed E-state index contributed by atoms with van der Waals surface area (Å²) >= 11 is 0. The smallest absolute Gasteiger partial charge is 0.308 e. The van der Waals surface area contributed by atoms with Gasteiger partial charge in [0.25, 0.3) is 0 Å². The Kier molecular flexibility index (Phi) is 2.39. The standard InChI is InChI=1S/C14H14N4O2/c19-13(20)9-7-8-5-6-12(9)18(8)14-15-10-3-1-2-4-11(10)16-17-14/h1-4,8-9,12H,5-7H2,(H,19,20). The molecule has 102 valence electrons. The summed E-state index contributed by atoms with van der Waals surface area (Å²) in [6, 6.07) is 7.85. The summed E-state index contributed by atoms with van der Waals surface area (Å²) in [6.45, 7) is 0. The Hall–Kier alpha value is -2.24. The number of hydrogen-bond donors (Lipinski definition) is 1. The van der Waals surface area contributed by atoms with Crippen LogP contribution in [-0.4, -0.2) is 38.3 Å². The van der Waals surface area contributed by atoms with Crippen LogP contribution in [0.15, 0.2) is 24.3 Å². The second-order valence-corrected chi connectivity index (χ2v) is 5.49. The van der Waals surface area contributed by atoms with E-state index < -0.39 is 5.97 Å². The van der Waals surface area contributed by atoms with Crippen LogP contribution in [0.2, 0.25) is 0 Å². The van der Waals surface area contributed by atoms with Crippen molar-refractivity contribution in [2.75, 3.05) is 4.90 Å². The third kappa shape index (κ3) is 1.57. The van der Waals surface area contributed by atoms with E-state index in [-0.39, 0.29) is 18.0 Å². The average Bonchev–Trinajstić information content (AvgIpc) is 3.04. The molecule has 0 spiro atoms. The van der Waals surface area contributed by atoms with Gasteiger partial charge in [-0.1, -0.05) is 12.1 Å². The molecule has 2 aromatic rings. The van der Waals surface area contributed by atoms with Gasteiger partial charge in [-0.2, -0.15) is 0 Å². The van der Waals surface area contributed by atoms with E-state index in [4.69, 9.17) is 0 Å². The Labute approximate surface area is 115 Å². The molecule has 20 heavy (non-hydrogen) atoms. The van der Waals surface area contributed by atoms with E-state index in [1.807, 2.05) is 24.3 Å². The van der Waals surface area contributed by atoms with Gasteiger partial charge in [-0.05, 0) is 31.4 Å². The van der Waals surface area contributed by atoms with Gasteiger partial charge in [0.1, 0.15) is 5.52 Å². The lowest BCUT2D eigenvalue weighted by atomic mass is 9.89. The predicted octanol–water partition coefficient (Wildman–Crippen LogP) is 1.47. The fourth-order valence-corrected chi connectivity index (χ4v) is 3.55. The SMILES string of the molecule is O=C(O)C1CC2CCC1N2c1nnc2ccccc2n1. The highest BCUT2D eigenvalue weighted by atomic mass is 16.4.